The highest BCUT2D eigenvalue weighted by molar-refractivity contribution is 7.27. The minimum absolute atomic E-state index is 0.689. The third-order valence-electron chi connectivity index (χ3n) is 7.95. The second-order valence-electron chi connectivity index (χ2n) is 10.2. The molecule has 0 bridgehead atoms. The van der Waals surface area contributed by atoms with Crippen molar-refractivity contribution in [2.24, 2.45) is 0 Å². The maximum Gasteiger partial charge on any atom is 0.126 e. The van der Waals surface area contributed by atoms with Gasteiger partial charge in [0, 0.05) is 57.3 Å². The van der Waals surface area contributed by atoms with Gasteiger partial charge in [0.25, 0.3) is 0 Å². The van der Waals surface area contributed by atoms with Crippen molar-refractivity contribution in [2.45, 2.75) is 13.5 Å². The van der Waals surface area contributed by atoms with Crippen LogP contribution in [0.1, 0.15) is 11.5 Å². The van der Waals surface area contributed by atoms with E-state index in [1.54, 1.807) is 11.3 Å². The van der Waals surface area contributed by atoms with E-state index in [0.717, 1.165) is 17.0 Å². The number of hydrogen-bond acceptors (Lipinski definition) is 4. The van der Waals surface area contributed by atoms with Crippen molar-refractivity contribution in [2.75, 3.05) is 0 Å². The van der Waals surface area contributed by atoms with Crippen LogP contribution in [0.15, 0.2) is 97.1 Å². The first-order valence-corrected chi connectivity index (χ1v) is 14.8. The molecule has 0 atom stereocenters. The van der Waals surface area contributed by atoms with E-state index in [4.69, 9.17) is 9.97 Å². The summed E-state index contributed by atoms with van der Waals surface area (Å²) in [6.45, 7) is 2.70. The molecule has 5 aromatic carbocycles. The number of nitrogens with zero attached hydrogens (tertiary/aromatic N) is 3. The normalized spacial score (nSPS) is 12.3. The second-order valence-corrected chi connectivity index (χ2v) is 12.3. The third kappa shape index (κ3) is 2.92. The van der Waals surface area contributed by atoms with Crippen LogP contribution in [0, 0.1) is 6.92 Å². The first-order chi connectivity index (χ1) is 19.3. The van der Waals surface area contributed by atoms with Crippen molar-refractivity contribution in [3.05, 3.63) is 109 Å². The average molecular weight is 536 g/mol. The summed E-state index contributed by atoms with van der Waals surface area (Å²) in [5.41, 5.74) is 4.68. The van der Waals surface area contributed by atoms with Crippen molar-refractivity contribution >= 4 is 95.7 Å². The zero-order valence-electron chi connectivity index (χ0n) is 21.1. The van der Waals surface area contributed by atoms with Crippen molar-refractivity contribution in [1.29, 1.82) is 0 Å². The van der Waals surface area contributed by atoms with E-state index in [1.807, 2.05) is 18.3 Å². The smallest absolute Gasteiger partial charge is 0.126 e. The Balaban J connectivity index is 1.47. The van der Waals surface area contributed by atoms with Crippen LogP contribution in [0.25, 0.3) is 73.1 Å². The summed E-state index contributed by atoms with van der Waals surface area (Å²) < 4.78 is 7.64. The van der Waals surface area contributed by atoms with Crippen LogP contribution in [-0.4, -0.2) is 14.5 Å². The molecule has 0 aliphatic rings. The van der Waals surface area contributed by atoms with Crippen LogP contribution >= 0.6 is 22.7 Å². The topological polar surface area (TPSA) is 30.7 Å². The van der Waals surface area contributed by atoms with Gasteiger partial charge in [-0.3, -0.25) is 0 Å². The zero-order valence-corrected chi connectivity index (χ0v) is 22.7. The Morgan fingerprint density at radius 3 is 2.03 bits per heavy atom. The highest BCUT2D eigenvalue weighted by Gasteiger charge is 2.22. The summed E-state index contributed by atoms with van der Waals surface area (Å²) in [5.74, 6) is 0.817. The van der Waals surface area contributed by atoms with Gasteiger partial charge in [-0.2, -0.15) is 0 Å². The van der Waals surface area contributed by atoms with Gasteiger partial charge in [-0.15, -0.1) is 22.7 Å². The molecule has 0 fully saturated rings. The highest BCUT2D eigenvalue weighted by atomic mass is 32.1. The first kappa shape index (κ1) is 21.6. The van der Waals surface area contributed by atoms with E-state index in [2.05, 4.69) is 102 Å². The molecular weight excluding hydrogens is 515 g/mol. The number of thiophene rings is 2. The van der Waals surface area contributed by atoms with Gasteiger partial charge < -0.3 is 4.57 Å². The molecule has 0 aliphatic heterocycles. The molecule has 0 spiro atoms. The van der Waals surface area contributed by atoms with E-state index in [9.17, 15) is 0 Å². The van der Waals surface area contributed by atoms with Gasteiger partial charge in [0.2, 0.25) is 0 Å². The number of hydrogen-bond donors (Lipinski definition) is 0. The van der Waals surface area contributed by atoms with E-state index in [1.165, 1.54) is 67.5 Å². The number of fused-ring (bicyclic) bond motifs is 13. The molecule has 39 heavy (non-hydrogen) atoms. The minimum atomic E-state index is 0.689. The number of aromatic nitrogens is 3. The second kappa shape index (κ2) is 7.85. The minimum Gasteiger partial charge on any atom is -0.334 e. The van der Waals surface area contributed by atoms with Crippen molar-refractivity contribution in [3.63, 3.8) is 0 Å². The summed E-state index contributed by atoms with van der Waals surface area (Å²) >= 11 is 3.71. The Labute approximate surface area is 231 Å². The summed E-state index contributed by atoms with van der Waals surface area (Å²) in [5, 5.41) is 9.16. The van der Waals surface area contributed by atoms with Crippen LogP contribution in [0.3, 0.4) is 0 Å². The summed E-state index contributed by atoms with van der Waals surface area (Å²) in [6, 6.07) is 35.2. The molecule has 184 valence electrons. The molecule has 3 nitrogen and oxygen atoms in total. The van der Waals surface area contributed by atoms with Gasteiger partial charge in [0.1, 0.15) is 5.82 Å². The molecule has 0 saturated carbocycles. The van der Waals surface area contributed by atoms with Gasteiger partial charge >= 0.3 is 0 Å². The molecular formula is C34H21N3S2. The Kier molecular flexibility index (Phi) is 4.35. The number of aryl methyl sites for hydroxylation is 1. The molecule has 0 aliphatic carbocycles. The zero-order chi connectivity index (χ0) is 25.7. The Hall–Kier alpha value is -4.32. The molecule has 9 rings (SSSR count). The van der Waals surface area contributed by atoms with Gasteiger partial charge in [0.05, 0.1) is 28.0 Å². The molecule has 0 saturated heterocycles. The van der Waals surface area contributed by atoms with Crippen molar-refractivity contribution in [1.82, 2.24) is 14.5 Å². The summed E-state index contributed by atoms with van der Waals surface area (Å²) in [6.07, 6.45) is 0. The van der Waals surface area contributed by atoms with E-state index < -0.39 is 0 Å². The SMILES string of the molecule is Cc1nc(Cn2c3ccccc3c3c4c5ccccc5sc4c4ccccc4c32)c2sc3ccccc3c2n1. The van der Waals surface area contributed by atoms with Gasteiger partial charge in [0.15, 0.2) is 0 Å². The Morgan fingerprint density at radius 2 is 1.21 bits per heavy atom. The lowest BCUT2D eigenvalue weighted by molar-refractivity contribution is 0.834. The van der Waals surface area contributed by atoms with Crippen molar-refractivity contribution < 1.29 is 0 Å². The molecule has 4 aromatic heterocycles. The molecule has 5 heteroatoms. The largest absolute Gasteiger partial charge is 0.334 e. The predicted molar refractivity (Wildman–Crippen MR) is 169 cm³/mol. The fraction of sp³-hybridized carbons (Fsp3) is 0.0588. The van der Waals surface area contributed by atoms with Crippen LogP contribution in [0.2, 0.25) is 0 Å². The summed E-state index contributed by atoms with van der Waals surface area (Å²) in [7, 11) is 0. The fourth-order valence-electron chi connectivity index (χ4n) is 6.40. The number of rotatable bonds is 2. The average Bonchev–Trinajstić information content (AvgIpc) is 3.64. The Bertz CT molecular complexity index is 2440. The quantitative estimate of drug-likeness (QED) is 0.220. The third-order valence-corrected chi connectivity index (χ3v) is 10.4. The van der Waals surface area contributed by atoms with Crippen LogP contribution in [0.4, 0.5) is 0 Å². The van der Waals surface area contributed by atoms with E-state index in [-0.39, 0.29) is 0 Å². The lowest BCUT2D eigenvalue weighted by Crippen LogP contribution is -2.04. The monoisotopic (exact) mass is 535 g/mol. The van der Waals surface area contributed by atoms with Crippen LogP contribution in [-0.2, 0) is 6.54 Å². The lowest BCUT2D eigenvalue weighted by Gasteiger charge is -2.11. The standard InChI is InChI=1S/C34H21N3S2/c1-19-35-25(34-31(36-19)24-14-6-9-17-28(24)39-34)18-37-26-15-7-4-12-22(26)29-30-23-13-5-8-16-27(23)38-33(30)21-11-3-2-10-20(21)32(29)37/h2-17H,18H2,1H3. The van der Waals surface area contributed by atoms with Gasteiger partial charge in [-0.1, -0.05) is 78.9 Å². The molecule has 9 aromatic rings. The van der Waals surface area contributed by atoms with Crippen LogP contribution < -0.4 is 0 Å². The van der Waals surface area contributed by atoms with Gasteiger partial charge in [-0.25, -0.2) is 9.97 Å². The molecule has 4 heterocycles. The van der Waals surface area contributed by atoms with Gasteiger partial charge in [-0.05, 0) is 25.1 Å². The molecule has 0 N–H and O–H groups in total. The van der Waals surface area contributed by atoms with E-state index in [0.29, 0.717) is 6.54 Å². The van der Waals surface area contributed by atoms with Crippen molar-refractivity contribution in [3.8, 4) is 0 Å². The first-order valence-electron chi connectivity index (χ1n) is 13.1. The molecule has 0 amide bonds. The highest BCUT2D eigenvalue weighted by Crippen LogP contribution is 2.47. The van der Waals surface area contributed by atoms with Crippen LogP contribution in [0.5, 0.6) is 0 Å². The Morgan fingerprint density at radius 1 is 0.590 bits per heavy atom. The fourth-order valence-corrected chi connectivity index (χ4v) is 8.77. The predicted octanol–water partition coefficient (Wildman–Crippen LogP) is 9.83. The maximum absolute atomic E-state index is 5.05. The molecule has 0 radical (unpaired) electrons. The van der Waals surface area contributed by atoms with E-state index >= 15 is 0 Å². The number of benzene rings is 5. The number of para-hydroxylation sites is 1. The summed E-state index contributed by atoms with van der Waals surface area (Å²) in [4.78, 5) is 9.94. The lowest BCUT2D eigenvalue weighted by atomic mass is 10.00. The maximum atomic E-state index is 5.05. The molecule has 0 unspecified atom stereocenters.